The van der Waals surface area contributed by atoms with Crippen LogP contribution in [0.15, 0.2) is 17.2 Å². The summed E-state index contributed by atoms with van der Waals surface area (Å²) in [5.41, 5.74) is 2.19. The number of aromatic nitrogens is 3. The molecule has 1 aliphatic rings. The Bertz CT molecular complexity index is 830. The third kappa shape index (κ3) is 3.37. The van der Waals surface area contributed by atoms with Crippen LogP contribution in [-0.4, -0.2) is 44.1 Å². The van der Waals surface area contributed by atoms with Crippen molar-refractivity contribution in [2.75, 3.05) is 6.54 Å². The molecule has 1 aliphatic heterocycles. The zero-order chi connectivity index (χ0) is 17.3. The first-order chi connectivity index (χ1) is 11.5. The summed E-state index contributed by atoms with van der Waals surface area (Å²) in [6.07, 6.45) is 2.69. The molecule has 0 spiro atoms. The number of carbonyl (C=O) groups is 1. The molecule has 0 radical (unpaired) electrons. The van der Waals surface area contributed by atoms with Crippen molar-refractivity contribution in [3.8, 4) is 0 Å². The van der Waals surface area contributed by atoms with Crippen molar-refractivity contribution in [3.05, 3.63) is 34.0 Å². The summed E-state index contributed by atoms with van der Waals surface area (Å²) in [7, 11) is 0. The van der Waals surface area contributed by atoms with Gasteiger partial charge in [-0.15, -0.1) is 0 Å². The molecule has 0 aromatic carbocycles. The van der Waals surface area contributed by atoms with Gasteiger partial charge in [-0.05, 0) is 44.9 Å². The molecule has 3 heterocycles. The summed E-state index contributed by atoms with van der Waals surface area (Å²) in [4.78, 5) is 33.4. The molecule has 1 saturated heterocycles. The average molecular weight is 330 g/mol. The van der Waals surface area contributed by atoms with Crippen LogP contribution in [-0.2, 0) is 11.3 Å². The van der Waals surface area contributed by atoms with Crippen molar-refractivity contribution in [2.24, 2.45) is 0 Å². The van der Waals surface area contributed by atoms with Crippen LogP contribution >= 0.6 is 0 Å². The number of hydrogen-bond acceptors (Lipinski definition) is 6. The minimum atomic E-state index is -0.513. The van der Waals surface area contributed by atoms with Gasteiger partial charge >= 0.3 is 0 Å². The Labute approximate surface area is 139 Å². The molecule has 0 amide bonds. The van der Waals surface area contributed by atoms with Crippen LogP contribution in [0.25, 0.3) is 11.0 Å². The van der Waals surface area contributed by atoms with Crippen LogP contribution in [0, 0.1) is 13.8 Å². The first-order valence-electron chi connectivity index (χ1n) is 8.22. The zero-order valence-corrected chi connectivity index (χ0v) is 14.0. The van der Waals surface area contributed by atoms with Crippen molar-refractivity contribution in [1.82, 2.24) is 19.9 Å². The fourth-order valence-electron chi connectivity index (χ4n) is 3.21. The van der Waals surface area contributed by atoms with Gasteiger partial charge in [-0.2, -0.15) is 0 Å². The molecule has 24 heavy (non-hydrogen) atoms. The second-order valence-electron chi connectivity index (χ2n) is 6.47. The molecule has 2 aromatic heterocycles. The van der Waals surface area contributed by atoms with Gasteiger partial charge in [0, 0.05) is 18.2 Å². The number of fused-ring (bicyclic) bond motifs is 1. The highest BCUT2D eigenvalue weighted by atomic mass is 16.3. The van der Waals surface area contributed by atoms with Gasteiger partial charge in [-0.1, -0.05) is 0 Å². The van der Waals surface area contributed by atoms with Crippen molar-refractivity contribution in [3.63, 3.8) is 0 Å². The number of Topliss-reactive ketones (excluding diaryl/α,β-unsaturated/α-hetero) is 1. The standard InChI is InChI=1S/C17H22N4O3/c1-10-6-11(2)20-16-15(10)19-9-21(17(16)24)8-12(22)7-13-14(23)4-3-5-18-13/h6,9,13-14,18,23H,3-5,7-8H2,1-2H3/t13-,14+/m1/s1. The van der Waals surface area contributed by atoms with E-state index in [-0.39, 0.29) is 30.3 Å². The highest BCUT2D eigenvalue weighted by Crippen LogP contribution is 2.13. The monoisotopic (exact) mass is 330 g/mol. The lowest BCUT2D eigenvalue weighted by molar-refractivity contribution is -0.121. The normalized spacial score (nSPS) is 21.1. The molecule has 2 N–H and O–H groups in total. The van der Waals surface area contributed by atoms with Gasteiger partial charge in [-0.25, -0.2) is 9.97 Å². The van der Waals surface area contributed by atoms with Crippen LogP contribution in [0.2, 0.25) is 0 Å². The molecule has 1 fully saturated rings. The van der Waals surface area contributed by atoms with E-state index in [1.54, 1.807) is 0 Å². The van der Waals surface area contributed by atoms with Crippen LogP contribution in [0.5, 0.6) is 0 Å². The summed E-state index contributed by atoms with van der Waals surface area (Å²) in [6, 6.07) is 1.64. The maximum atomic E-state index is 12.6. The Morgan fingerprint density at radius 1 is 1.42 bits per heavy atom. The average Bonchev–Trinajstić information content (AvgIpc) is 2.53. The van der Waals surface area contributed by atoms with Gasteiger partial charge in [0.15, 0.2) is 11.3 Å². The molecule has 0 saturated carbocycles. The van der Waals surface area contributed by atoms with E-state index in [9.17, 15) is 14.7 Å². The van der Waals surface area contributed by atoms with E-state index in [0.29, 0.717) is 17.5 Å². The van der Waals surface area contributed by atoms with E-state index >= 15 is 0 Å². The number of hydrogen-bond donors (Lipinski definition) is 2. The fourth-order valence-corrected chi connectivity index (χ4v) is 3.21. The Balaban J connectivity index is 1.81. The lowest BCUT2D eigenvalue weighted by Crippen LogP contribution is -2.46. The predicted molar refractivity (Wildman–Crippen MR) is 89.9 cm³/mol. The van der Waals surface area contributed by atoms with Crippen LogP contribution in [0.4, 0.5) is 0 Å². The Hall–Kier alpha value is -2.12. The number of ketones is 1. The molecule has 3 rings (SSSR count). The molecule has 0 bridgehead atoms. The summed E-state index contributed by atoms with van der Waals surface area (Å²) in [5, 5.41) is 13.1. The van der Waals surface area contributed by atoms with Gasteiger partial charge in [-0.3, -0.25) is 14.2 Å². The van der Waals surface area contributed by atoms with Crippen molar-refractivity contribution >= 4 is 16.8 Å². The van der Waals surface area contributed by atoms with Gasteiger partial charge < -0.3 is 10.4 Å². The Morgan fingerprint density at radius 3 is 2.96 bits per heavy atom. The summed E-state index contributed by atoms with van der Waals surface area (Å²) < 4.78 is 1.30. The van der Waals surface area contributed by atoms with Crippen LogP contribution in [0.1, 0.15) is 30.5 Å². The number of rotatable bonds is 4. The number of aryl methyl sites for hydroxylation is 2. The van der Waals surface area contributed by atoms with E-state index in [2.05, 4.69) is 15.3 Å². The van der Waals surface area contributed by atoms with Gasteiger partial charge in [0.1, 0.15) is 0 Å². The largest absolute Gasteiger partial charge is 0.391 e. The van der Waals surface area contributed by atoms with Gasteiger partial charge in [0.25, 0.3) is 5.56 Å². The SMILES string of the molecule is Cc1cc(C)c2ncn(CC(=O)C[C@H]3NCCC[C@@H]3O)c(=O)c2n1. The van der Waals surface area contributed by atoms with E-state index in [1.807, 2.05) is 19.9 Å². The molecule has 0 aliphatic carbocycles. The first kappa shape index (κ1) is 16.7. The molecular formula is C17H22N4O3. The third-order valence-electron chi connectivity index (χ3n) is 4.44. The number of aliphatic hydroxyl groups excluding tert-OH is 1. The van der Waals surface area contributed by atoms with Crippen LogP contribution < -0.4 is 10.9 Å². The molecular weight excluding hydrogens is 308 g/mol. The highest BCUT2D eigenvalue weighted by Gasteiger charge is 2.25. The van der Waals surface area contributed by atoms with Crippen molar-refractivity contribution in [2.45, 2.75) is 51.8 Å². The lowest BCUT2D eigenvalue weighted by atomic mass is 9.97. The number of aliphatic hydroxyl groups is 1. The van der Waals surface area contributed by atoms with Gasteiger partial charge in [0.2, 0.25) is 0 Å². The second-order valence-corrected chi connectivity index (χ2v) is 6.47. The molecule has 7 heteroatoms. The minimum Gasteiger partial charge on any atom is -0.391 e. The first-order valence-corrected chi connectivity index (χ1v) is 8.22. The van der Waals surface area contributed by atoms with Crippen molar-refractivity contribution < 1.29 is 9.90 Å². The van der Waals surface area contributed by atoms with Crippen LogP contribution in [0.3, 0.4) is 0 Å². The number of carbonyl (C=O) groups excluding carboxylic acids is 1. The highest BCUT2D eigenvalue weighted by molar-refractivity contribution is 5.80. The lowest BCUT2D eigenvalue weighted by Gasteiger charge is -2.28. The number of piperidine rings is 1. The summed E-state index contributed by atoms with van der Waals surface area (Å²) in [5.74, 6) is -0.110. The smallest absolute Gasteiger partial charge is 0.280 e. The maximum Gasteiger partial charge on any atom is 0.280 e. The number of nitrogens with one attached hydrogen (secondary N) is 1. The third-order valence-corrected chi connectivity index (χ3v) is 4.44. The van der Waals surface area contributed by atoms with E-state index in [4.69, 9.17) is 0 Å². The summed E-state index contributed by atoms with van der Waals surface area (Å²) >= 11 is 0. The minimum absolute atomic E-state index is 0.0542. The summed E-state index contributed by atoms with van der Waals surface area (Å²) in [6.45, 7) is 4.45. The predicted octanol–water partition coefficient (Wildman–Crippen LogP) is 0.480. The number of pyridine rings is 1. The molecule has 2 atom stereocenters. The topological polar surface area (TPSA) is 97.1 Å². The van der Waals surface area contributed by atoms with Crippen molar-refractivity contribution in [1.29, 1.82) is 0 Å². The van der Waals surface area contributed by atoms with E-state index < -0.39 is 6.10 Å². The van der Waals surface area contributed by atoms with E-state index in [0.717, 1.165) is 24.2 Å². The number of nitrogens with zero attached hydrogens (tertiary/aromatic N) is 3. The molecule has 2 aromatic rings. The van der Waals surface area contributed by atoms with E-state index in [1.165, 1.54) is 10.9 Å². The Morgan fingerprint density at radius 2 is 2.21 bits per heavy atom. The quantitative estimate of drug-likeness (QED) is 0.846. The molecule has 128 valence electrons. The fraction of sp³-hybridized carbons (Fsp3) is 0.529. The molecule has 0 unspecified atom stereocenters. The van der Waals surface area contributed by atoms with Gasteiger partial charge in [0.05, 0.1) is 24.5 Å². The maximum absolute atomic E-state index is 12.6. The second kappa shape index (κ2) is 6.78. The zero-order valence-electron chi connectivity index (χ0n) is 14.0. The Kier molecular flexibility index (Phi) is 4.73. The molecule has 7 nitrogen and oxygen atoms in total.